The van der Waals surface area contributed by atoms with Crippen molar-refractivity contribution in [2.75, 3.05) is 13.2 Å². The third-order valence-electron chi connectivity index (χ3n) is 4.51. The van der Waals surface area contributed by atoms with Crippen LogP contribution < -0.4 is 4.74 Å². The fourth-order valence-electron chi connectivity index (χ4n) is 3.03. The second-order valence-corrected chi connectivity index (χ2v) is 8.27. The SMILES string of the molecule is CC(/C=C1\SC(=O)N(CCOc2cc(C)ccc2C(C)C)C1=O)=C\c1ccco1. The van der Waals surface area contributed by atoms with Crippen molar-refractivity contribution < 1.29 is 18.7 Å². The summed E-state index contributed by atoms with van der Waals surface area (Å²) in [6, 6.07) is 9.74. The maximum atomic E-state index is 12.6. The third kappa shape index (κ3) is 5.21. The molecule has 0 N–H and O–H groups in total. The number of furan rings is 1. The number of aryl methyl sites for hydroxylation is 1. The van der Waals surface area contributed by atoms with E-state index in [0.29, 0.717) is 16.6 Å². The number of carbonyl (C=O) groups excluding carboxylic acids is 2. The molecule has 2 heterocycles. The van der Waals surface area contributed by atoms with E-state index in [1.807, 2.05) is 32.1 Å². The minimum atomic E-state index is -0.288. The fraction of sp³-hybridized carbons (Fsp3) is 0.304. The average Bonchev–Trinajstić information content (AvgIpc) is 3.25. The summed E-state index contributed by atoms with van der Waals surface area (Å²) in [4.78, 5) is 26.6. The first kappa shape index (κ1) is 21.0. The van der Waals surface area contributed by atoms with Gasteiger partial charge in [0, 0.05) is 0 Å². The normalized spacial score (nSPS) is 16.4. The Morgan fingerprint density at radius 1 is 1.28 bits per heavy atom. The molecule has 152 valence electrons. The lowest BCUT2D eigenvalue weighted by molar-refractivity contribution is -0.123. The molecule has 0 atom stereocenters. The zero-order valence-corrected chi connectivity index (χ0v) is 17.9. The molecule has 0 bridgehead atoms. The molecule has 0 saturated carbocycles. The first-order valence-corrected chi connectivity index (χ1v) is 10.4. The standard InChI is InChI=1S/C23H25NO4S/c1-15(2)19-8-7-16(3)13-20(19)28-11-9-24-22(25)21(29-23(24)26)14-17(4)12-18-6-5-10-27-18/h5-8,10,12-15H,9,11H2,1-4H3/b17-12+,21-14-. The largest absolute Gasteiger partial charge is 0.491 e. The van der Waals surface area contributed by atoms with Crippen LogP contribution in [-0.4, -0.2) is 29.2 Å². The molecule has 0 spiro atoms. The molecule has 1 aliphatic rings. The summed E-state index contributed by atoms with van der Waals surface area (Å²) >= 11 is 0.951. The Bertz CT molecular complexity index is 957. The van der Waals surface area contributed by atoms with Gasteiger partial charge in [-0.2, -0.15) is 0 Å². The number of hydrogen-bond acceptors (Lipinski definition) is 5. The number of thioether (sulfide) groups is 1. The summed E-state index contributed by atoms with van der Waals surface area (Å²) in [5, 5.41) is -0.274. The Morgan fingerprint density at radius 2 is 2.07 bits per heavy atom. The Morgan fingerprint density at radius 3 is 2.76 bits per heavy atom. The van der Waals surface area contributed by atoms with Crippen molar-refractivity contribution in [3.63, 3.8) is 0 Å². The van der Waals surface area contributed by atoms with Crippen LogP contribution in [0, 0.1) is 6.92 Å². The van der Waals surface area contributed by atoms with E-state index in [1.165, 1.54) is 4.90 Å². The molecule has 1 aliphatic heterocycles. The van der Waals surface area contributed by atoms with Crippen molar-refractivity contribution in [2.45, 2.75) is 33.6 Å². The van der Waals surface area contributed by atoms with Gasteiger partial charge in [-0.25, -0.2) is 0 Å². The number of rotatable bonds is 7. The molecule has 1 fully saturated rings. The van der Waals surface area contributed by atoms with E-state index in [4.69, 9.17) is 9.15 Å². The van der Waals surface area contributed by atoms with Crippen molar-refractivity contribution in [2.24, 2.45) is 0 Å². The van der Waals surface area contributed by atoms with E-state index in [0.717, 1.165) is 34.2 Å². The summed E-state index contributed by atoms with van der Waals surface area (Å²) in [5.41, 5.74) is 3.06. The molecular formula is C23H25NO4S. The monoisotopic (exact) mass is 411 g/mol. The zero-order valence-electron chi connectivity index (χ0n) is 17.1. The second kappa shape index (κ2) is 9.18. The molecule has 0 radical (unpaired) electrons. The van der Waals surface area contributed by atoms with Gasteiger partial charge in [-0.3, -0.25) is 14.5 Å². The van der Waals surface area contributed by atoms with E-state index >= 15 is 0 Å². The molecule has 1 saturated heterocycles. The Kier molecular flexibility index (Phi) is 6.64. The first-order chi connectivity index (χ1) is 13.8. The lowest BCUT2D eigenvalue weighted by atomic mass is 10.0. The number of carbonyl (C=O) groups is 2. The first-order valence-electron chi connectivity index (χ1n) is 9.55. The minimum absolute atomic E-state index is 0.217. The number of amides is 2. The van der Waals surface area contributed by atoms with Gasteiger partial charge in [-0.15, -0.1) is 0 Å². The van der Waals surface area contributed by atoms with Crippen LogP contribution in [0.4, 0.5) is 4.79 Å². The van der Waals surface area contributed by atoms with Gasteiger partial charge < -0.3 is 9.15 Å². The van der Waals surface area contributed by atoms with E-state index < -0.39 is 0 Å². The van der Waals surface area contributed by atoms with Crippen molar-refractivity contribution >= 4 is 29.0 Å². The lowest BCUT2D eigenvalue weighted by Gasteiger charge is -2.17. The number of benzene rings is 1. The van der Waals surface area contributed by atoms with E-state index in [9.17, 15) is 9.59 Å². The van der Waals surface area contributed by atoms with Crippen molar-refractivity contribution in [3.8, 4) is 5.75 Å². The van der Waals surface area contributed by atoms with E-state index in [-0.39, 0.29) is 24.3 Å². The highest BCUT2D eigenvalue weighted by Gasteiger charge is 2.34. The molecule has 2 amide bonds. The van der Waals surface area contributed by atoms with Crippen LogP contribution in [-0.2, 0) is 4.79 Å². The van der Waals surface area contributed by atoms with Crippen LogP contribution in [0.2, 0.25) is 0 Å². The summed E-state index contributed by atoms with van der Waals surface area (Å²) < 4.78 is 11.2. The maximum Gasteiger partial charge on any atom is 0.293 e. The molecule has 1 aromatic carbocycles. The smallest absolute Gasteiger partial charge is 0.293 e. The molecule has 29 heavy (non-hydrogen) atoms. The van der Waals surface area contributed by atoms with Gasteiger partial charge in [0.1, 0.15) is 18.1 Å². The molecular weight excluding hydrogens is 386 g/mol. The van der Waals surface area contributed by atoms with Gasteiger partial charge in [0.05, 0.1) is 17.7 Å². The maximum absolute atomic E-state index is 12.6. The number of hydrogen-bond donors (Lipinski definition) is 0. The Hall–Kier alpha value is -2.73. The Balaban J connectivity index is 1.64. The van der Waals surface area contributed by atoms with E-state index in [1.54, 1.807) is 18.4 Å². The fourth-order valence-corrected chi connectivity index (χ4v) is 3.94. The van der Waals surface area contributed by atoms with Crippen LogP contribution in [0.3, 0.4) is 0 Å². The quantitative estimate of drug-likeness (QED) is 0.541. The third-order valence-corrected chi connectivity index (χ3v) is 5.42. The Labute approximate surface area is 175 Å². The van der Waals surface area contributed by atoms with Crippen LogP contribution in [0.25, 0.3) is 6.08 Å². The van der Waals surface area contributed by atoms with Crippen molar-refractivity contribution in [1.82, 2.24) is 4.90 Å². The van der Waals surface area contributed by atoms with Gasteiger partial charge in [-0.1, -0.05) is 26.0 Å². The molecule has 1 aromatic heterocycles. The topological polar surface area (TPSA) is 59.8 Å². The van der Waals surface area contributed by atoms with E-state index in [2.05, 4.69) is 26.0 Å². The average molecular weight is 412 g/mol. The number of ether oxygens (including phenoxy) is 1. The molecule has 5 nitrogen and oxygen atoms in total. The van der Waals surface area contributed by atoms with Gasteiger partial charge in [0.2, 0.25) is 0 Å². The zero-order chi connectivity index (χ0) is 21.0. The minimum Gasteiger partial charge on any atom is -0.491 e. The van der Waals surface area contributed by atoms with Gasteiger partial charge in [0.15, 0.2) is 0 Å². The molecule has 2 aromatic rings. The summed E-state index contributed by atoms with van der Waals surface area (Å²) in [7, 11) is 0. The molecule has 6 heteroatoms. The van der Waals surface area contributed by atoms with Crippen molar-refractivity contribution in [3.05, 3.63) is 70.0 Å². The van der Waals surface area contributed by atoms with Crippen molar-refractivity contribution in [1.29, 1.82) is 0 Å². The number of imide groups is 1. The summed E-state index contributed by atoms with van der Waals surface area (Å²) in [5.74, 6) is 1.55. The molecule has 3 rings (SSSR count). The lowest BCUT2D eigenvalue weighted by Crippen LogP contribution is -2.32. The second-order valence-electron chi connectivity index (χ2n) is 7.28. The predicted molar refractivity (Wildman–Crippen MR) is 116 cm³/mol. The summed E-state index contributed by atoms with van der Waals surface area (Å²) in [6.07, 6.45) is 5.12. The summed E-state index contributed by atoms with van der Waals surface area (Å²) in [6.45, 7) is 8.57. The highest BCUT2D eigenvalue weighted by atomic mass is 32.2. The predicted octanol–water partition coefficient (Wildman–Crippen LogP) is 5.77. The van der Waals surface area contributed by atoms with Crippen LogP contribution in [0.15, 0.2) is 57.6 Å². The highest BCUT2D eigenvalue weighted by Crippen LogP contribution is 2.32. The van der Waals surface area contributed by atoms with Crippen LogP contribution in [0.1, 0.15) is 43.6 Å². The van der Waals surface area contributed by atoms with Gasteiger partial charge >= 0.3 is 0 Å². The molecule has 0 aliphatic carbocycles. The van der Waals surface area contributed by atoms with Gasteiger partial charge in [-0.05, 0) is 78.6 Å². The van der Waals surface area contributed by atoms with Gasteiger partial charge in [0.25, 0.3) is 11.1 Å². The highest BCUT2D eigenvalue weighted by molar-refractivity contribution is 8.18. The van der Waals surface area contributed by atoms with Crippen LogP contribution >= 0.6 is 11.8 Å². The number of nitrogens with zero attached hydrogens (tertiary/aromatic N) is 1. The molecule has 0 unspecified atom stereocenters. The van der Waals surface area contributed by atoms with Crippen LogP contribution in [0.5, 0.6) is 5.75 Å². The number of allylic oxidation sites excluding steroid dienone is 2.